The maximum atomic E-state index is 11.6. The molecule has 0 aliphatic carbocycles. The van der Waals surface area contributed by atoms with Crippen LogP contribution in [-0.4, -0.2) is 51.1 Å². The second-order valence-electron chi connectivity index (χ2n) is 6.70. The van der Waals surface area contributed by atoms with Gasteiger partial charge in [0, 0.05) is 13.5 Å². The van der Waals surface area contributed by atoms with E-state index in [1.54, 1.807) is 21.0 Å². The summed E-state index contributed by atoms with van der Waals surface area (Å²) >= 11 is 0. The normalized spacial score (nSPS) is 14.9. The Bertz CT molecular complexity index is 256. The Labute approximate surface area is 143 Å². The lowest BCUT2D eigenvalue weighted by atomic mass is 10.1. The van der Waals surface area contributed by atoms with E-state index in [1.165, 1.54) is 44.9 Å². The van der Waals surface area contributed by atoms with E-state index in [0.717, 1.165) is 13.0 Å². The van der Waals surface area contributed by atoms with Gasteiger partial charge in [-0.05, 0) is 13.3 Å². The van der Waals surface area contributed by atoms with Crippen molar-refractivity contribution >= 4 is 0 Å². The molecule has 0 aromatic rings. The van der Waals surface area contributed by atoms with Crippen molar-refractivity contribution in [1.29, 1.82) is 0 Å². The van der Waals surface area contributed by atoms with Crippen LogP contribution in [-0.2, 0) is 14.2 Å². The van der Waals surface area contributed by atoms with Crippen LogP contribution in [0.5, 0.6) is 0 Å². The molecule has 0 amide bonds. The molecule has 0 rings (SSSR count). The first-order valence-electron chi connectivity index (χ1n) is 9.27. The van der Waals surface area contributed by atoms with Gasteiger partial charge in [-0.15, -0.1) is 0 Å². The summed E-state index contributed by atoms with van der Waals surface area (Å²) in [6.07, 6.45) is 9.65. The molecule has 0 bridgehead atoms. The second kappa shape index (κ2) is 14.2. The van der Waals surface area contributed by atoms with Gasteiger partial charge < -0.3 is 24.1 Å². The minimum atomic E-state index is -0.483. The van der Waals surface area contributed by atoms with Crippen molar-refractivity contribution in [3.63, 3.8) is 0 Å². The standard InChI is InChI=1S/C18H39NO4/c1-6-7-8-9-10-11-12-13-14-21-15-16-22-18(3)23-17(2)19(4,5)20/h17-18H,6-16H2,1-5H3. The van der Waals surface area contributed by atoms with Crippen LogP contribution in [0.25, 0.3) is 0 Å². The number of rotatable bonds is 16. The molecule has 0 N–H and O–H groups in total. The molecule has 23 heavy (non-hydrogen) atoms. The van der Waals surface area contributed by atoms with Crippen LogP contribution >= 0.6 is 0 Å². The quantitative estimate of drug-likeness (QED) is 0.181. The molecule has 0 fully saturated rings. The molecule has 5 nitrogen and oxygen atoms in total. The summed E-state index contributed by atoms with van der Waals surface area (Å²) in [6, 6.07) is 0. The Hall–Kier alpha value is -0.200. The largest absolute Gasteiger partial charge is 0.631 e. The topological polar surface area (TPSA) is 50.8 Å². The maximum absolute atomic E-state index is 11.6. The number of ether oxygens (including phenoxy) is 3. The fourth-order valence-corrected chi connectivity index (χ4v) is 2.18. The van der Waals surface area contributed by atoms with Crippen molar-refractivity contribution < 1.29 is 18.9 Å². The van der Waals surface area contributed by atoms with Gasteiger partial charge in [-0.25, -0.2) is 0 Å². The summed E-state index contributed by atoms with van der Waals surface area (Å²) in [6.45, 7) is 7.69. The van der Waals surface area contributed by atoms with Crippen LogP contribution in [0.1, 0.15) is 72.1 Å². The third-order valence-corrected chi connectivity index (χ3v) is 3.99. The molecule has 140 valence electrons. The van der Waals surface area contributed by atoms with E-state index < -0.39 is 10.9 Å². The van der Waals surface area contributed by atoms with Gasteiger partial charge in [-0.3, -0.25) is 0 Å². The molecular weight excluding hydrogens is 294 g/mol. The number of unbranched alkanes of at least 4 members (excludes halogenated alkanes) is 7. The van der Waals surface area contributed by atoms with Crippen molar-refractivity contribution in [1.82, 2.24) is 0 Å². The highest BCUT2D eigenvalue weighted by Crippen LogP contribution is 2.09. The lowest BCUT2D eigenvalue weighted by Gasteiger charge is -2.40. The molecule has 0 saturated carbocycles. The lowest BCUT2D eigenvalue weighted by Crippen LogP contribution is -2.45. The van der Waals surface area contributed by atoms with Crippen molar-refractivity contribution in [3.8, 4) is 0 Å². The fraction of sp³-hybridized carbons (Fsp3) is 1.00. The van der Waals surface area contributed by atoms with Crippen molar-refractivity contribution in [2.45, 2.75) is 84.7 Å². The summed E-state index contributed by atoms with van der Waals surface area (Å²) in [4.78, 5) is 0. The molecular formula is C18H39NO4. The van der Waals surface area contributed by atoms with Crippen LogP contribution in [0.4, 0.5) is 0 Å². The van der Waals surface area contributed by atoms with Crippen LogP contribution in [0.15, 0.2) is 0 Å². The summed E-state index contributed by atoms with van der Waals surface area (Å²) in [7, 11) is 3.12. The van der Waals surface area contributed by atoms with E-state index in [-0.39, 0.29) is 6.29 Å². The Kier molecular flexibility index (Phi) is 14.0. The summed E-state index contributed by atoms with van der Waals surface area (Å²) < 4.78 is 16.1. The molecule has 0 aliphatic rings. The van der Waals surface area contributed by atoms with Crippen LogP contribution in [0, 0.1) is 5.21 Å². The molecule has 0 heterocycles. The third-order valence-electron chi connectivity index (χ3n) is 3.99. The van der Waals surface area contributed by atoms with E-state index in [9.17, 15) is 5.21 Å². The molecule has 5 heteroatoms. The van der Waals surface area contributed by atoms with E-state index in [4.69, 9.17) is 14.2 Å². The van der Waals surface area contributed by atoms with E-state index >= 15 is 0 Å². The van der Waals surface area contributed by atoms with Crippen LogP contribution in [0.3, 0.4) is 0 Å². The maximum Gasteiger partial charge on any atom is 0.192 e. The van der Waals surface area contributed by atoms with Gasteiger partial charge in [-0.1, -0.05) is 51.9 Å². The summed E-state index contributed by atoms with van der Waals surface area (Å²) in [5.74, 6) is 0. The van der Waals surface area contributed by atoms with E-state index in [0.29, 0.717) is 13.2 Å². The Balaban J connectivity index is 3.30. The second-order valence-corrected chi connectivity index (χ2v) is 6.70. The first-order chi connectivity index (χ1) is 10.9. The molecule has 0 radical (unpaired) electrons. The van der Waals surface area contributed by atoms with E-state index in [2.05, 4.69) is 6.92 Å². The van der Waals surface area contributed by atoms with Gasteiger partial charge in [0.25, 0.3) is 0 Å². The Morgan fingerprint density at radius 1 is 0.826 bits per heavy atom. The number of hydrogen-bond donors (Lipinski definition) is 0. The van der Waals surface area contributed by atoms with Crippen LogP contribution < -0.4 is 0 Å². The average molecular weight is 334 g/mol. The Morgan fingerprint density at radius 3 is 1.96 bits per heavy atom. The smallest absolute Gasteiger partial charge is 0.192 e. The van der Waals surface area contributed by atoms with Gasteiger partial charge in [-0.2, -0.15) is 0 Å². The van der Waals surface area contributed by atoms with Gasteiger partial charge >= 0.3 is 0 Å². The third kappa shape index (κ3) is 15.1. The van der Waals surface area contributed by atoms with E-state index in [1.807, 2.05) is 6.92 Å². The zero-order chi connectivity index (χ0) is 17.6. The predicted molar refractivity (Wildman–Crippen MR) is 94.9 cm³/mol. The summed E-state index contributed by atoms with van der Waals surface area (Å²) in [5.41, 5.74) is 0. The van der Waals surface area contributed by atoms with Gasteiger partial charge in [0.2, 0.25) is 0 Å². The zero-order valence-corrected chi connectivity index (χ0v) is 16.0. The SMILES string of the molecule is CCCCCCCCCCOCCOC(C)OC(C)[N+](C)(C)[O-]. The molecule has 0 aromatic carbocycles. The number of hydrogen-bond acceptors (Lipinski definition) is 4. The number of quaternary nitrogens is 1. The first-order valence-corrected chi connectivity index (χ1v) is 9.27. The molecule has 2 atom stereocenters. The molecule has 0 spiro atoms. The monoisotopic (exact) mass is 333 g/mol. The van der Waals surface area contributed by atoms with Gasteiger partial charge in [0.05, 0.1) is 27.3 Å². The highest BCUT2D eigenvalue weighted by atomic mass is 16.7. The van der Waals surface area contributed by atoms with Crippen molar-refractivity contribution in [3.05, 3.63) is 5.21 Å². The zero-order valence-electron chi connectivity index (χ0n) is 16.0. The van der Waals surface area contributed by atoms with Gasteiger partial charge in [0.1, 0.15) is 0 Å². The van der Waals surface area contributed by atoms with Gasteiger partial charge in [0.15, 0.2) is 12.5 Å². The fourth-order valence-electron chi connectivity index (χ4n) is 2.18. The van der Waals surface area contributed by atoms with Crippen LogP contribution in [0.2, 0.25) is 0 Å². The van der Waals surface area contributed by atoms with Crippen molar-refractivity contribution in [2.75, 3.05) is 33.9 Å². The highest BCUT2D eigenvalue weighted by Gasteiger charge is 2.18. The predicted octanol–water partition coefficient (Wildman–Crippen LogP) is 4.44. The summed E-state index contributed by atoms with van der Waals surface area (Å²) in [5, 5.41) is 11.6. The molecule has 0 saturated heterocycles. The Morgan fingerprint density at radius 2 is 1.39 bits per heavy atom. The number of nitrogens with zero attached hydrogens (tertiary/aromatic N) is 1. The first kappa shape index (κ1) is 22.8. The van der Waals surface area contributed by atoms with Crippen molar-refractivity contribution in [2.24, 2.45) is 0 Å². The molecule has 2 unspecified atom stereocenters. The molecule has 0 aromatic heterocycles. The highest BCUT2D eigenvalue weighted by molar-refractivity contribution is 4.46. The lowest BCUT2D eigenvalue weighted by molar-refractivity contribution is -0.891. The average Bonchev–Trinajstić information content (AvgIpc) is 2.47. The minimum absolute atomic E-state index is 0.386. The minimum Gasteiger partial charge on any atom is -0.631 e. The molecule has 0 aliphatic heterocycles. The number of hydroxylamine groups is 3.